The molecule has 0 aromatic heterocycles. The van der Waals surface area contributed by atoms with Crippen LogP contribution < -0.4 is 31.1 Å². The minimum Gasteiger partial charge on any atom is -0.335 e. The second kappa shape index (κ2) is 12.8. The number of rotatable bonds is 4. The van der Waals surface area contributed by atoms with E-state index >= 15 is 0 Å². The highest BCUT2D eigenvalue weighted by Gasteiger charge is 2.62. The van der Waals surface area contributed by atoms with Gasteiger partial charge in [0.2, 0.25) is 0 Å². The van der Waals surface area contributed by atoms with Gasteiger partial charge >= 0.3 is 0 Å². The topological polar surface area (TPSA) is 9.72 Å². The largest absolute Gasteiger partial charge is 0.335 e. The molecule has 7 aromatic carbocycles. The van der Waals surface area contributed by atoms with Crippen LogP contribution in [0.25, 0.3) is 22.3 Å². The van der Waals surface area contributed by atoms with Crippen molar-refractivity contribution in [2.24, 2.45) is 0 Å². The molecule has 4 heterocycles. The molecule has 4 atom stereocenters. The second-order valence-electron chi connectivity index (χ2n) is 20.3. The normalized spacial score (nSPS) is 26.0. The van der Waals surface area contributed by atoms with Crippen LogP contribution in [0.4, 0.5) is 39.8 Å². The van der Waals surface area contributed by atoms with Crippen LogP contribution in [0.2, 0.25) is 0 Å². The molecule has 3 nitrogen and oxygen atoms in total. The summed E-state index contributed by atoms with van der Waals surface area (Å²) in [6, 6.07) is 60.6. The van der Waals surface area contributed by atoms with Crippen LogP contribution in [0, 0.1) is 0 Å². The van der Waals surface area contributed by atoms with Crippen molar-refractivity contribution < 1.29 is 0 Å². The van der Waals surface area contributed by atoms with E-state index in [1.54, 1.807) is 5.56 Å². The van der Waals surface area contributed by atoms with E-state index in [9.17, 15) is 0 Å². The zero-order valence-corrected chi connectivity index (χ0v) is 36.6. The molecule has 2 saturated carbocycles. The summed E-state index contributed by atoms with van der Waals surface area (Å²) in [5.74, 6) is 0. The molecule has 0 saturated heterocycles. The van der Waals surface area contributed by atoms with E-state index in [1.165, 1.54) is 129 Å². The van der Waals surface area contributed by atoms with Crippen molar-refractivity contribution in [3.63, 3.8) is 0 Å². The molecule has 2 aliphatic carbocycles. The Balaban J connectivity index is 1.13. The fourth-order valence-electron chi connectivity index (χ4n) is 14.0. The Kier molecular flexibility index (Phi) is 7.56. The molecule has 6 aliphatic rings. The van der Waals surface area contributed by atoms with E-state index in [0.29, 0.717) is 0 Å². The summed E-state index contributed by atoms with van der Waals surface area (Å²) in [6.45, 7) is 10.5. The molecule has 4 unspecified atom stereocenters. The van der Waals surface area contributed by atoms with E-state index in [0.717, 1.165) is 6.42 Å². The van der Waals surface area contributed by atoms with Crippen molar-refractivity contribution in [1.82, 2.24) is 0 Å². The first-order chi connectivity index (χ1) is 30.2. The lowest BCUT2D eigenvalue weighted by atomic mass is 9.33. The first kappa shape index (κ1) is 36.6. The van der Waals surface area contributed by atoms with Gasteiger partial charge in [0.1, 0.15) is 0 Å². The number of benzene rings is 7. The minimum atomic E-state index is -0.0933. The van der Waals surface area contributed by atoms with Gasteiger partial charge in [-0.25, -0.2) is 0 Å². The molecular formula is C58H54BN3. The Morgan fingerprint density at radius 2 is 0.968 bits per heavy atom. The highest BCUT2D eigenvalue weighted by Crippen LogP contribution is 2.65. The van der Waals surface area contributed by atoms with Crippen molar-refractivity contribution in [2.75, 3.05) is 14.7 Å². The van der Waals surface area contributed by atoms with Crippen LogP contribution in [0.15, 0.2) is 158 Å². The van der Waals surface area contributed by atoms with E-state index in [1.807, 2.05) is 0 Å². The number of hydrogen-bond acceptors (Lipinski definition) is 3. The fraction of sp³-hybridized carbons (Fsp3) is 0.276. The number of hydrogen-bond donors (Lipinski definition) is 0. The summed E-state index contributed by atoms with van der Waals surface area (Å²) < 4.78 is 0. The van der Waals surface area contributed by atoms with Gasteiger partial charge in [0.15, 0.2) is 0 Å². The summed E-state index contributed by atoms with van der Waals surface area (Å²) in [5.41, 5.74) is 21.8. The van der Waals surface area contributed by atoms with Gasteiger partial charge < -0.3 is 14.7 Å². The van der Waals surface area contributed by atoms with Gasteiger partial charge in [0.25, 0.3) is 6.71 Å². The Bertz CT molecular complexity index is 2960. The molecule has 4 heteroatoms. The Morgan fingerprint density at radius 3 is 1.68 bits per heavy atom. The van der Waals surface area contributed by atoms with Crippen LogP contribution in [0.1, 0.15) is 90.2 Å². The Hall–Kier alpha value is -6.00. The molecule has 2 fully saturated rings. The van der Waals surface area contributed by atoms with Gasteiger partial charge in [0, 0.05) is 50.6 Å². The lowest BCUT2D eigenvalue weighted by Gasteiger charge is -2.53. The molecule has 62 heavy (non-hydrogen) atoms. The SMILES string of the molecule is CC12CCCCC1(C)N(c1cc3c4c(c1)N1c5c(cc(-c6ccccc6)cc5C5(C)CCCCC15C)B4c1ccccc1N3c1ccccc1)c1ccc(-c3ccccc3)cc12. The lowest BCUT2D eigenvalue weighted by Crippen LogP contribution is -2.64. The average molecular weight is 804 g/mol. The predicted octanol–water partition coefficient (Wildman–Crippen LogP) is 13.1. The standard InChI is InChI=1S/C58H54BN3/c1-55-30-16-18-32-57(55,3)61(49-29-28-41(34-45(49)55)39-20-8-5-9-21-39)44-37-51-53-52(38-44)62-54-46(56(2)31-17-19-33-58(56,62)4)35-42(40-22-10-6-11-23-40)36-48(54)59(53)47-26-14-15-27-50(47)60(51)43-24-12-7-13-25-43/h5-15,20-29,34-38H,16-19,30-33H2,1-4H3. The first-order valence-electron chi connectivity index (χ1n) is 23.4. The number of para-hydroxylation sites is 2. The average Bonchev–Trinajstić information content (AvgIpc) is 3.66. The van der Waals surface area contributed by atoms with Crippen molar-refractivity contribution in [2.45, 2.75) is 101 Å². The van der Waals surface area contributed by atoms with Gasteiger partial charge in [-0.15, -0.1) is 0 Å². The first-order valence-corrected chi connectivity index (χ1v) is 23.4. The molecule has 4 aliphatic heterocycles. The molecular weight excluding hydrogens is 749 g/mol. The maximum Gasteiger partial charge on any atom is 0.252 e. The molecule has 0 amide bonds. The van der Waals surface area contributed by atoms with Gasteiger partial charge in [-0.2, -0.15) is 0 Å². The van der Waals surface area contributed by atoms with Crippen molar-refractivity contribution in [3.8, 4) is 22.3 Å². The third-order valence-electron chi connectivity index (χ3n) is 17.5. The summed E-state index contributed by atoms with van der Waals surface area (Å²) >= 11 is 0. The molecule has 7 aromatic rings. The fourth-order valence-corrected chi connectivity index (χ4v) is 14.0. The van der Waals surface area contributed by atoms with Gasteiger partial charge in [0.05, 0.1) is 11.1 Å². The summed E-state index contributed by atoms with van der Waals surface area (Å²) in [4.78, 5) is 8.36. The smallest absolute Gasteiger partial charge is 0.252 e. The third kappa shape index (κ3) is 4.58. The molecule has 13 rings (SSSR count). The summed E-state index contributed by atoms with van der Waals surface area (Å²) in [7, 11) is 0. The number of fused-ring (bicyclic) bond motifs is 10. The molecule has 0 bridgehead atoms. The van der Waals surface area contributed by atoms with Crippen molar-refractivity contribution in [1.29, 1.82) is 0 Å². The summed E-state index contributed by atoms with van der Waals surface area (Å²) in [6.07, 6.45) is 9.75. The van der Waals surface area contributed by atoms with Gasteiger partial charge in [-0.1, -0.05) is 149 Å². The van der Waals surface area contributed by atoms with E-state index in [-0.39, 0.29) is 28.6 Å². The highest BCUT2D eigenvalue weighted by molar-refractivity contribution is 7.00. The number of anilines is 7. The molecule has 0 spiro atoms. The number of nitrogens with zero attached hydrogens (tertiary/aromatic N) is 3. The van der Waals surface area contributed by atoms with Gasteiger partial charge in [-0.3, -0.25) is 0 Å². The van der Waals surface area contributed by atoms with E-state index in [2.05, 4.69) is 200 Å². The minimum absolute atomic E-state index is 0.00192. The zero-order chi connectivity index (χ0) is 41.6. The quantitative estimate of drug-likeness (QED) is 0.164. The van der Waals surface area contributed by atoms with Gasteiger partial charge in [-0.05, 0) is 138 Å². The van der Waals surface area contributed by atoms with Crippen LogP contribution in [0.3, 0.4) is 0 Å². The van der Waals surface area contributed by atoms with Crippen LogP contribution in [-0.4, -0.2) is 17.8 Å². The zero-order valence-electron chi connectivity index (χ0n) is 36.6. The van der Waals surface area contributed by atoms with Crippen LogP contribution in [-0.2, 0) is 10.8 Å². The molecule has 304 valence electrons. The van der Waals surface area contributed by atoms with Crippen molar-refractivity contribution in [3.05, 3.63) is 169 Å². The van der Waals surface area contributed by atoms with Crippen molar-refractivity contribution >= 4 is 62.9 Å². The third-order valence-corrected chi connectivity index (χ3v) is 17.5. The van der Waals surface area contributed by atoms with E-state index < -0.39 is 0 Å². The molecule has 0 radical (unpaired) electrons. The predicted molar refractivity (Wildman–Crippen MR) is 262 cm³/mol. The Morgan fingerprint density at radius 1 is 0.403 bits per heavy atom. The molecule has 0 N–H and O–H groups in total. The van der Waals surface area contributed by atoms with Crippen LogP contribution in [0.5, 0.6) is 0 Å². The maximum absolute atomic E-state index is 2.92. The maximum atomic E-state index is 2.92. The summed E-state index contributed by atoms with van der Waals surface area (Å²) in [5, 5.41) is 0. The second-order valence-corrected chi connectivity index (χ2v) is 20.3. The Labute approximate surface area is 368 Å². The van der Waals surface area contributed by atoms with E-state index in [4.69, 9.17) is 0 Å². The monoisotopic (exact) mass is 803 g/mol. The highest BCUT2D eigenvalue weighted by atomic mass is 15.3. The lowest BCUT2D eigenvalue weighted by molar-refractivity contribution is 0.194. The van der Waals surface area contributed by atoms with Crippen LogP contribution >= 0.6 is 0 Å².